The highest BCUT2D eigenvalue weighted by molar-refractivity contribution is 5.94. The average Bonchev–Trinajstić information content (AvgIpc) is 2.98. The van der Waals surface area contributed by atoms with Crippen LogP contribution in [0.15, 0.2) is 48.5 Å². The summed E-state index contributed by atoms with van der Waals surface area (Å²) >= 11 is 0. The molecule has 0 atom stereocenters. The highest BCUT2D eigenvalue weighted by Crippen LogP contribution is 2.27. The Balaban J connectivity index is 1.63. The second-order valence-corrected chi connectivity index (χ2v) is 6.92. The van der Waals surface area contributed by atoms with Gasteiger partial charge in [0.25, 0.3) is 0 Å². The molecule has 0 saturated heterocycles. The maximum atomic E-state index is 12.3. The number of rotatable bonds is 5. The van der Waals surface area contributed by atoms with Gasteiger partial charge in [-0.25, -0.2) is 0 Å². The molecule has 3 N–H and O–H groups in total. The fourth-order valence-corrected chi connectivity index (χ4v) is 3.06. The third-order valence-corrected chi connectivity index (χ3v) is 4.82. The number of nitrogens with one attached hydrogen (secondary N) is 1. The van der Waals surface area contributed by atoms with Crippen LogP contribution in [0, 0.1) is 0 Å². The van der Waals surface area contributed by atoms with Gasteiger partial charge in [-0.15, -0.1) is 0 Å². The van der Waals surface area contributed by atoms with Crippen LogP contribution in [0.1, 0.15) is 25.0 Å². The minimum atomic E-state index is -0.734. The zero-order chi connectivity index (χ0) is 18.0. The highest BCUT2D eigenvalue weighted by atomic mass is 16.2. The number of para-hydroxylation sites is 1. The van der Waals surface area contributed by atoms with Crippen molar-refractivity contribution in [3.05, 3.63) is 59.7 Å². The van der Waals surface area contributed by atoms with Gasteiger partial charge in [-0.3, -0.25) is 9.59 Å². The molecule has 3 rings (SSSR count). The molecule has 130 valence electrons. The van der Waals surface area contributed by atoms with Crippen molar-refractivity contribution in [2.75, 3.05) is 23.3 Å². The van der Waals surface area contributed by atoms with E-state index in [9.17, 15) is 9.59 Å². The van der Waals surface area contributed by atoms with E-state index >= 15 is 0 Å². The number of hydrogen-bond acceptors (Lipinski definition) is 3. The molecule has 0 aromatic heterocycles. The lowest BCUT2D eigenvalue weighted by atomic mass is 9.84. The average molecular weight is 337 g/mol. The van der Waals surface area contributed by atoms with Crippen LogP contribution in [-0.2, 0) is 21.4 Å². The van der Waals surface area contributed by atoms with Crippen LogP contribution in [0.25, 0.3) is 0 Å². The lowest BCUT2D eigenvalue weighted by Gasteiger charge is -2.21. The molecule has 5 nitrogen and oxygen atoms in total. The highest BCUT2D eigenvalue weighted by Gasteiger charge is 2.27. The van der Waals surface area contributed by atoms with Crippen LogP contribution in [-0.4, -0.2) is 24.9 Å². The molecule has 0 unspecified atom stereocenters. The van der Waals surface area contributed by atoms with E-state index in [1.165, 1.54) is 5.56 Å². The molecule has 25 heavy (non-hydrogen) atoms. The Labute approximate surface area is 147 Å². The van der Waals surface area contributed by atoms with Gasteiger partial charge in [0, 0.05) is 17.9 Å². The van der Waals surface area contributed by atoms with Gasteiger partial charge in [-0.2, -0.15) is 0 Å². The number of amides is 2. The van der Waals surface area contributed by atoms with Gasteiger partial charge >= 0.3 is 0 Å². The molecule has 0 fully saturated rings. The predicted octanol–water partition coefficient (Wildman–Crippen LogP) is 2.45. The van der Waals surface area contributed by atoms with E-state index in [-0.39, 0.29) is 11.8 Å². The van der Waals surface area contributed by atoms with Crippen molar-refractivity contribution in [1.82, 2.24) is 0 Å². The van der Waals surface area contributed by atoms with Gasteiger partial charge in [0.05, 0.1) is 12.0 Å². The molecule has 1 aliphatic heterocycles. The second kappa shape index (κ2) is 6.59. The fraction of sp³-hybridized carbons (Fsp3) is 0.300. The largest absolute Gasteiger partial charge is 0.369 e. The molecule has 0 spiro atoms. The minimum Gasteiger partial charge on any atom is -0.369 e. The van der Waals surface area contributed by atoms with Crippen LogP contribution in [0.5, 0.6) is 0 Å². The van der Waals surface area contributed by atoms with Crippen LogP contribution < -0.4 is 16.0 Å². The number of benzene rings is 2. The Morgan fingerprint density at radius 3 is 2.48 bits per heavy atom. The Morgan fingerprint density at radius 1 is 1.12 bits per heavy atom. The van der Waals surface area contributed by atoms with Crippen molar-refractivity contribution in [3.63, 3.8) is 0 Å². The number of carbonyl (C=O) groups is 2. The molecule has 2 amide bonds. The number of fused-ring (bicyclic) bond motifs is 1. The number of nitrogens with two attached hydrogens (primary N) is 1. The van der Waals surface area contributed by atoms with Gasteiger partial charge in [-0.05, 0) is 49.6 Å². The molecule has 2 aromatic carbocycles. The van der Waals surface area contributed by atoms with Crippen molar-refractivity contribution in [1.29, 1.82) is 0 Å². The smallest absolute Gasteiger partial charge is 0.243 e. The minimum absolute atomic E-state index is 0.0568. The van der Waals surface area contributed by atoms with E-state index in [1.54, 1.807) is 26.0 Å². The maximum Gasteiger partial charge on any atom is 0.243 e. The normalized spacial score (nSPS) is 13.4. The summed E-state index contributed by atoms with van der Waals surface area (Å²) < 4.78 is 0. The van der Waals surface area contributed by atoms with Gasteiger partial charge < -0.3 is 16.0 Å². The molecular weight excluding hydrogens is 314 g/mol. The van der Waals surface area contributed by atoms with Crippen molar-refractivity contribution in [3.8, 4) is 0 Å². The Hall–Kier alpha value is -2.82. The molecule has 0 radical (unpaired) electrons. The third kappa shape index (κ3) is 3.50. The van der Waals surface area contributed by atoms with Crippen molar-refractivity contribution in [2.24, 2.45) is 5.73 Å². The molecule has 5 heteroatoms. The lowest BCUT2D eigenvalue weighted by molar-refractivity contribution is -0.122. The van der Waals surface area contributed by atoms with Gasteiger partial charge in [-0.1, -0.05) is 30.3 Å². The van der Waals surface area contributed by atoms with E-state index in [0.717, 1.165) is 24.2 Å². The molecule has 0 saturated carbocycles. The van der Waals surface area contributed by atoms with Gasteiger partial charge in [0.1, 0.15) is 0 Å². The van der Waals surface area contributed by atoms with Crippen LogP contribution in [0.3, 0.4) is 0 Å². The van der Waals surface area contributed by atoms with Crippen molar-refractivity contribution in [2.45, 2.75) is 25.7 Å². The van der Waals surface area contributed by atoms with Crippen molar-refractivity contribution >= 4 is 23.2 Å². The first-order valence-electron chi connectivity index (χ1n) is 8.41. The summed E-state index contributed by atoms with van der Waals surface area (Å²) in [6.07, 6.45) is 0.973. The standard InChI is InChI=1S/C20H23N3O2/c1-20(2,19(21)25)15-7-9-16(10-8-15)22-18(24)13-23-12-11-14-5-3-4-6-17(14)23/h3-10H,11-13H2,1-2H3,(H2,21,25)(H,22,24). The van der Waals surface area contributed by atoms with E-state index < -0.39 is 5.41 Å². The summed E-state index contributed by atoms with van der Waals surface area (Å²) in [5.41, 5.74) is 8.66. The second-order valence-electron chi connectivity index (χ2n) is 6.92. The Bertz CT molecular complexity index is 797. The summed E-state index contributed by atoms with van der Waals surface area (Å²) in [7, 11) is 0. The molecule has 2 aromatic rings. The van der Waals surface area contributed by atoms with E-state index in [2.05, 4.69) is 22.3 Å². The SMILES string of the molecule is CC(C)(C(N)=O)c1ccc(NC(=O)CN2CCc3ccccc32)cc1. The number of carbonyl (C=O) groups excluding carboxylic acids is 2. The molecule has 0 bridgehead atoms. The number of hydrogen-bond donors (Lipinski definition) is 2. The van der Waals surface area contributed by atoms with Crippen LogP contribution in [0.4, 0.5) is 11.4 Å². The molecule has 0 aliphatic carbocycles. The van der Waals surface area contributed by atoms with Crippen LogP contribution >= 0.6 is 0 Å². The maximum absolute atomic E-state index is 12.3. The van der Waals surface area contributed by atoms with Gasteiger partial charge in [0.2, 0.25) is 11.8 Å². The Kier molecular flexibility index (Phi) is 4.49. The van der Waals surface area contributed by atoms with Crippen LogP contribution in [0.2, 0.25) is 0 Å². The first-order valence-corrected chi connectivity index (χ1v) is 8.41. The summed E-state index contributed by atoms with van der Waals surface area (Å²) in [4.78, 5) is 26.0. The summed E-state index contributed by atoms with van der Waals surface area (Å²) in [5, 5.41) is 2.91. The fourth-order valence-electron chi connectivity index (χ4n) is 3.06. The Morgan fingerprint density at radius 2 is 1.80 bits per heavy atom. The third-order valence-electron chi connectivity index (χ3n) is 4.82. The van der Waals surface area contributed by atoms with E-state index in [1.807, 2.05) is 24.3 Å². The predicted molar refractivity (Wildman–Crippen MR) is 99.7 cm³/mol. The summed E-state index contributed by atoms with van der Waals surface area (Å²) in [6, 6.07) is 15.4. The van der Waals surface area contributed by atoms with E-state index in [0.29, 0.717) is 12.2 Å². The lowest BCUT2D eigenvalue weighted by Crippen LogP contribution is -2.35. The molecule has 1 heterocycles. The zero-order valence-electron chi connectivity index (χ0n) is 14.6. The number of primary amides is 1. The number of anilines is 2. The summed E-state index contributed by atoms with van der Waals surface area (Å²) in [6.45, 7) is 4.76. The zero-order valence-corrected chi connectivity index (χ0v) is 14.6. The first-order chi connectivity index (χ1) is 11.9. The van der Waals surface area contributed by atoms with E-state index in [4.69, 9.17) is 5.73 Å². The van der Waals surface area contributed by atoms with Crippen molar-refractivity contribution < 1.29 is 9.59 Å². The first kappa shape index (κ1) is 17.0. The quantitative estimate of drug-likeness (QED) is 0.880. The number of nitrogens with zero attached hydrogens (tertiary/aromatic N) is 1. The summed E-state index contributed by atoms with van der Waals surface area (Å²) in [5.74, 6) is -0.435. The monoisotopic (exact) mass is 337 g/mol. The van der Waals surface area contributed by atoms with Gasteiger partial charge in [0.15, 0.2) is 0 Å². The topological polar surface area (TPSA) is 75.4 Å². The molecular formula is C20H23N3O2. The molecule has 1 aliphatic rings.